The third kappa shape index (κ3) is 3.92. The molecule has 0 saturated carbocycles. The van der Waals surface area contributed by atoms with Crippen molar-refractivity contribution in [3.8, 4) is 0 Å². The molecule has 2 heterocycles. The van der Waals surface area contributed by atoms with Crippen molar-refractivity contribution in [1.29, 1.82) is 0 Å². The second-order valence-electron chi connectivity index (χ2n) is 5.38. The maximum Gasteiger partial charge on any atom is 0.0457 e. The Bertz CT molecular complexity index is 535. The molecule has 5 heteroatoms. The quantitative estimate of drug-likeness (QED) is 0.894. The van der Waals surface area contributed by atoms with Gasteiger partial charge in [-0.1, -0.05) is 31.5 Å². The first-order chi connectivity index (χ1) is 9.40. The summed E-state index contributed by atoms with van der Waals surface area (Å²) in [7, 11) is 0. The average molecular weight is 330 g/mol. The van der Waals surface area contributed by atoms with E-state index < -0.39 is 0 Å². The number of hydrogen-bond acceptors (Lipinski definition) is 2. The second kappa shape index (κ2) is 8.64. The molecule has 2 N–H and O–H groups in total. The van der Waals surface area contributed by atoms with E-state index in [0.717, 1.165) is 26.2 Å². The average Bonchev–Trinajstić information content (AvgIpc) is 2.89. The van der Waals surface area contributed by atoms with E-state index in [2.05, 4.69) is 52.6 Å². The van der Waals surface area contributed by atoms with Gasteiger partial charge >= 0.3 is 0 Å². The Labute approximate surface area is 139 Å². The van der Waals surface area contributed by atoms with E-state index in [1.165, 1.54) is 29.3 Å². The van der Waals surface area contributed by atoms with Crippen LogP contribution in [-0.2, 0) is 0 Å². The molecule has 0 bridgehead atoms. The standard InChI is InChI=1S/C16H23N3.2ClH/c1-2-5-16(19-10-8-17-9-11-19)14-12-18-15-7-4-3-6-13(14)15;;/h3-4,6-7,12,16-18H,2,5,8-11H2,1H3;2*1H/t16-;;/m1../s1. The maximum absolute atomic E-state index is 3.44. The number of aromatic amines is 1. The fourth-order valence-electron chi connectivity index (χ4n) is 3.17. The summed E-state index contributed by atoms with van der Waals surface area (Å²) in [6, 6.07) is 9.21. The van der Waals surface area contributed by atoms with Gasteiger partial charge in [-0.15, -0.1) is 24.8 Å². The van der Waals surface area contributed by atoms with Gasteiger partial charge in [-0.05, 0) is 18.1 Å². The molecule has 1 atom stereocenters. The van der Waals surface area contributed by atoms with Gasteiger partial charge in [0.15, 0.2) is 0 Å². The third-order valence-corrected chi connectivity index (χ3v) is 4.13. The number of benzene rings is 1. The van der Waals surface area contributed by atoms with Crippen LogP contribution in [-0.4, -0.2) is 36.1 Å². The van der Waals surface area contributed by atoms with Crippen molar-refractivity contribution in [1.82, 2.24) is 15.2 Å². The fraction of sp³-hybridized carbons (Fsp3) is 0.500. The summed E-state index contributed by atoms with van der Waals surface area (Å²) in [4.78, 5) is 6.06. The lowest BCUT2D eigenvalue weighted by Gasteiger charge is -2.35. The highest BCUT2D eigenvalue weighted by Gasteiger charge is 2.23. The van der Waals surface area contributed by atoms with Gasteiger partial charge in [0.05, 0.1) is 0 Å². The van der Waals surface area contributed by atoms with Crippen LogP contribution >= 0.6 is 24.8 Å². The third-order valence-electron chi connectivity index (χ3n) is 4.13. The molecule has 2 aromatic rings. The van der Waals surface area contributed by atoms with E-state index >= 15 is 0 Å². The topological polar surface area (TPSA) is 31.1 Å². The number of para-hydroxylation sites is 1. The van der Waals surface area contributed by atoms with E-state index in [1.807, 2.05) is 0 Å². The predicted molar refractivity (Wildman–Crippen MR) is 94.9 cm³/mol. The van der Waals surface area contributed by atoms with Crippen molar-refractivity contribution in [2.45, 2.75) is 25.8 Å². The van der Waals surface area contributed by atoms with E-state index in [0.29, 0.717) is 6.04 Å². The molecule has 1 aromatic carbocycles. The number of piperazine rings is 1. The molecule has 3 nitrogen and oxygen atoms in total. The summed E-state index contributed by atoms with van der Waals surface area (Å²) in [5, 5.41) is 4.83. The van der Waals surface area contributed by atoms with Gasteiger partial charge in [-0.2, -0.15) is 0 Å². The van der Waals surface area contributed by atoms with Crippen LogP contribution in [0.5, 0.6) is 0 Å². The smallest absolute Gasteiger partial charge is 0.0457 e. The molecule has 1 aliphatic heterocycles. The molecule has 118 valence electrons. The van der Waals surface area contributed by atoms with Crippen molar-refractivity contribution in [2.24, 2.45) is 0 Å². The molecule has 1 fully saturated rings. The maximum atomic E-state index is 3.44. The SMILES string of the molecule is CCC[C@H](c1c[nH]c2ccccc12)N1CCNCC1.Cl.Cl. The minimum absolute atomic E-state index is 0. The minimum Gasteiger partial charge on any atom is -0.361 e. The Morgan fingerprint density at radius 3 is 2.57 bits per heavy atom. The van der Waals surface area contributed by atoms with Crippen LogP contribution in [0.2, 0.25) is 0 Å². The summed E-state index contributed by atoms with van der Waals surface area (Å²) >= 11 is 0. The largest absolute Gasteiger partial charge is 0.361 e. The zero-order valence-electron chi connectivity index (χ0n) is 12.5. The van der Waals surface area contributed by atoms with E-state index in [9.17, 15) is 0 Å². The lowest BCUT2D eigenvalue weighted by Crippen LogP contribution is -2.45. The molecule has 0 amide bonds. The second-order valence-corrected chi connectivity index (χ2v) is 5.38. The summed E-state index contributed by atoms with van der Waals surface area (Å²) in [5.41, 5.74) is 2.73. The number of aromatic nitrogens is 1. The van der Waals surface area contributed by atoms with Crippen LogP contribution in [0.15, 0.2) is 30.5 Å². The minimum atomic E-state index is 0. The Morgan fingerprint density at radius 2 is 1.86 bits per heavy atom. The summed E-state index contributed by atoms with van der Waals surface area (Å²) in [6.07, 6.45) is 4.68. The van der Waals surface area contributed by atoms with Crippen molar-refractivity contribution >= 4 is 35.7 Å². The van der Waals surface area contributed by atoms with Gasteiger partial charge in [-0.3, -0.25) is 4.90 Å². The first-order valence-corrected chi connectivity index (χ1v) is 7.41. The Hall–Kier alpha value is -0.740. The normalized spacial score (nSPS) is 17.0. The number of hydrogen-bond donors (Lipinski definition) is 2. The van der Waals surface area contributed by atoms with E-state index in [4.69, 9.17) is 0 Å². The fourth-order valence-corrected chi connectivity index (χ4v) is 3.17. The van der Waals surface area contributed by atoms with Crippen molar-refractivity contribution in [2.75, 3.05) is 26.2 Å². The molecule has 3 rings (SSSR count). The molecule has 0 aliphatic carbocycles. The van der Waals surface area contributed by atoms with Crippen LogP contribution in [0.1, 0.15) is 31.4 Å². The van der Waals surface area contributed by atoms with Gasteiger partial charge in [0.1, 0.15) is 0 Å². The molecule has 1 aliphatic rings. The zero-order chi connectivity index (χ0) is 13.1. The molecule has 1 aromatic heterocycles. The van der Waals surface area contributed by atoms with Crippen LogP contribution < -0.4 is 5.32 Å². The van der Waals surface area contributed by atoms with Gasteiger partial charge < -0.3 is 10.3 Å². The highest BCUT2D eigenvalue weighted by atomic mass is 35.5. The van der Waals surface area contributed by atoms with Crippen LogP contribution in [0.3, 0.4) is 0 Å². The van der Waals surface area contributed by atoms with Crippen molar-refractivity contribution < 1.29 is 0 Å². The molecule has 0 radical (unpaired) electrons. The van der Waals surface area contributed by atoms with Crippen molar-refractivity contribution in [3.05, 3.63) is 36.0 Å². The monoisotopic (exact) mass is 329 g/mol. The van der Waals surface area contributed by atoms with Gasteiger partial charge in [-0.25, -0.2) is 0 Å². The van der Waals surface area contributed by atoms with Gasteiger partial charge in [0.25, 0.3) is 0 Å². The summed E-state index contributed by atoms with van der Waals surface area (Å²) in [6.45, 7) is 6.82. The Kier molecular flexibility index (Phi) is 7.53. The highest BCUT2D eigenvalue weighted by Crippen LogP contribution is 2.31. The van der Waals surface area contributed by atoms with Crippen LogP contribution in [0.25, 0.3) is 10.9 Å². The number of nitrogens with one attached hydrogen (secondary N) is 2. The highest BCUT2D eigenvalue weighted by molar-refractivity contribution is 5.85. The van der Waals surface area contributed by atoms with E-state index in [1.54, 1.807) is 0 Å². The Morgan fingerprint density at radius 1 is 1.14 bits per heavy atom. The molecule has 21 heavy (non-hydrogen) atoms. The molecular formula is C16H25Cl2N3. The lowest BCUT2D eigenvalue weighted by atomic mass is 9.99. The predicted octanol–water partition coefficient (Wildman–Crippen LogP) is 3.76. The number of H-pyrrole nitrogens is 1. The molecule has 1 saturated heterocycles. The lowest BCUT2D eigenvalue weighted by molar-refractivity contribution is 0.165. The first kappa shape index (κ1) is 18.3. The van der Waals surface area contributed by atoms with Gasteiger partial charge in [0.2, 0.25) is 0 Å². The van der Waals surface area contributed by atoms with Crippen LogP contribution in [0, 0.1) is 0 Å². The Balaban J connectivity index is 0.00000110. The number of halogens is 2. The van der Waals surface area contributed by atoms with E-state index in [-0.39, 0.29) is 24.8 Å². The summed E-state index contributed by atoms with van der Waals surface area (Å²) in [5.74, 6) is 0. The zero-order valence-corrected chi connectivity index (χ0v) is 14.1. The number of fused-ring (bicyclic) bond motifs is 1. The molecular weight excluding hydrogens is 305 g/mol. The summed E-state index contributed by atoms with van der Waals surface area (Å²) < 4.78 is 0. The number of rotatable bonds is 4. The van der Waals surface area contributed by atoms with Gasteiger partial charge in [0, 0.05) is 49.3 Å². The van der Waals surface area contributed by atoms with Crippen molar-refractivity contribution in [3.63, 3.8) is 0 Å². The first-order valence-electron chi connectivity index (χ1n) is 7.41. The molecule has 0 spiro atoms. The molecule has 0 unspecified atom stereocenters. The number of nitrogens with zero attached hydrogens (tertiary/aromatic N) is 1. The van der Waals surface area contributed by atoms with Crippen LogP contribution in [0.4, 0.5) is 0 Å².